The summed E-state index contributed by atoms with van der Waals surface area (Å²) in [4.78, 5) is 12.0. The molecular formula is C16H12ClN5OS3. The number of rotatable bonds is 6. The van der Waals surface area contributed by atoms with Crippen LogP contribution in [0, 0.1) is 18.3 Å². The zero-order valence-corrected chi connectivity index (χ0v) is 16.7. The minimum atomic E-state index is -0.190. The Kier molecular flexibility index (Phi) is 6.11. The van der Waals surface area contributed by atoms with Crippen LogP contribution >= 0.6 is 46.0 Å². The van der Waals surface area contributed by atoms with Crippen molar-refractivity contribution in [3.8, 4) is 6.07 Å². The Morgan fingerprint density at radius 3 is 3.04 bits per heavy atom. The monoisotopic (exact) mass is 421 g/mol. The first-order chi connectivity index (χ1) is 12.6. The average molecular weight is 422 g/mol. The predicted octanol–water partition coefficient (Wildman–Crippen LogP) is 4.91. The van der Waals surface area contributed by atoms with Crippen LogP contribution in [-0.2, 0) is 4.79 Å². The molecule has 2 heterocycles. The molecule has 3 aromatic rings. The van der Waals surface area contributed by atoms with Crippen molar-refractivity contribution in [3.05, 3.63) is 45.8 Å². The number of carbonyl (C=O) groups is 1. The summed E-state index contributed by atoms with van der Waals surface area (Å²) in [6.45, 7) is 1.92. The second-order valence-electron chi connectivity index (χ2n) is 5.02. The van der Waals surface area contributed by atoms with E-state index >= 15 is 0 Å². The highest BCUT2D eigenvalue weighted by atomic mass is 35.5. The standard InChI is InChI=1S/C16H12ClN5OS3/c1-9-11(17)3-2-4-12(9)19-15-21-22-16(26-15)25-8-13(23)20-14-10(7-18)5-6-24-14/h2-6H,8H2,1H3,(H,19,21)(H,20,23). The largest absolute Gasteiger partial charge is 0.330 e. The first-order valence-electron chi connectivity index (χ1n) is 7.32. The van der Waals surface area contributed by atoms with E-state index in [2.05, 4.69) is 20.8 Å². The molecule has 1 aromatic carbocycles. The quantitative estimate of drug-likeness (QED) is 0.549. The molecule has 0 saturated carbocycles. The van der Waals surface area contributed by atoms with E-state index in [1.165, 1.54) is 34.4 Å². The molecule has 0 unspecified atom stereocenters. The fraction of sp³-hybridized carbons (Fsp3) is 0.125. The van der Waals surface area contributed by atoms with Crippen molar-refractivity contribution in [2.24, 2.45) is 0 Å². The van der Waals surface area contributed by atoms with Gasteiger partial charge in [-0.25, -0.2) is 0 Å². The summed E-state index contributed by atoms with van der Waals surface area (Å²) in [7, 11) is 0. The Morgan fingerprint density at radius 2 is 2.23 bits per heavy atom. The topological polar surface area (TPSA) is 90.7 Å². The molecule has 0 saturated heterocycles. The number of amides is 1. The van der Waals surface area contributed by atoms with E-state index in [-0.39, 0.29) is 11.7 Å². The molecule has 6 nitrogen and oxygen atoms in total. The van der Waals surface area contributed by atoms with E-state index in [9.17, 15) is 4.79 Å². The lowest BCUT2D eigenvalue weighted by molar-refractivity contribution is -0.113. The van der Waals surface area contributed by atoms with Crippen molar-refractivity contribution in [1.82, 2.24) is 10.2 Å². The maximum Gasteiger partial charge on any atom is 0.235 e. The highest BCUT2D eigenvalue weighted by Crippen LogP contribution is 2.31. The van der Waals surface area contributed by atoms with E-state index in [0.29, 0.717) is 25.1 Å². The van der Waals surface area contributed by atoms with Crippen LogP contribution < -0.4 is 10.6 Å². The van der Waals surface area contributed by atoms with Gasteiger partial charge in [0.15, 0.2) is 4.34 Å². The first-order valence-corrected chi connectivity index (χ1v) is 10.4. The molecule has 0 radical (unpaired) electrons. The number of nitriles is 1. The van der Waals surface area contributed by atoms with Gasteiger partial charge in [-0.2, -0.15) is 5.26 Å². The first kappa shape index (κ1) is 18.7. The minimum absolute atomic E-state index is 0.188. The van der Waals surface area contributed by atoms with Gasteiger partial charge in [0, 0.05) is 10.7 Å². The lowest BCUT2D eigenvalue weighted by Crippen LogP contribution is -2.13. The third-order valence-electron chi connectivity index (χ3n) is 3.28. The number of anilines is 3. The Labute approximate surface area is 167 Å². The molecule has 0 bridgehead atoms. The molecule has 2 aromatic heterocycles. The van der Waals surface area contributed by atoms with Gasteiger partial charge >= 0.3 is 0 Å². The smallest absolute Gasteiger partial charge is 0.235 e. The van der Waals surface area contributed by atoms with E-state index in [1.807, 2.05) is 31.2 Å². The van der Waals surface area contributed by atoms with Gasteiger partial charge in [0.05, 0.1) is 11.3 Å². The Hall–Kier alpha value is -2.12. The van der Waals surface area contributed by atoms with Gasteiger partial charge in [-0.05, 0) is 36.1 Å². The van der Waals surface area contributed by atoms with Crippen LogP contribution in [0.4, 0.5) is 15.8 Å². The lowest BCUT2D eigenvalue weighted by Gasteiger charge is -2.06. The SMILES string of the molecule is Cc1c(Cl)cccc1Nc1nnc(SCC(=O)Nc2sccc2C#N)s1. The van der Waals surface area contributed by atoms with Crippen LogP contribution in [0.5, 0.6) is 0 Å². The number of nitrogens with zero attached hydrogens (tertiary/aromatic N) is 3. The van der Waals surface area contributed by atoms with Gasteiger partial charge in [0.2, 0.25) is 11.0 Å². The molecule has 132 valence electrons. The summed E-state index contributed by atoms with van der Waals surface area (Å²) in [5, 5.41) is 26.7. The minimum Gasteiger partial charge on any atom is -0.330 e. The van der Waals surface area contributed by atoms with Gasteiger partial charge in [0.25, 0.3) is 0 Å². The van der Waals surface area contributed by atoms with Crippen molar-refractivity contribution < 1.29 is 4.79 Å². The molecule has 26 heavy (non-hydrogen) atoms. The average Bonchev–Trinajstić information content (AvgIpc) is 3.26. The predicted molar refractivity (Wildman–Crippen MR) is 108 cm³/mol. The fourth-order valence-corrected chi connectivity index (χ4v) is 4.45. The summed E-state index contributed by atoms with van der Waals surface area (Å²) in [6, 6.07) is 9.32. The van der Waals surface area contributed by atoms with Crippen LogP contribution in [0.25, 0.3) is 0 Å². The number of benzene rings is 1. The van der Waals surface area contributed by atoms with Crippen LogP contribution in [0.3, 0.4) is 0 Å². The van der Waals surface area contributed by atoms with Crippen molar-refractivity contribution in [2.75, 3.05) is 16.4 Å². The van der Waals surface area contributed by atoms with Gasteiger partial charge in [-0.15, -0.1) is 21.5 Å². The Morgan fingerprint density at radius 1 is 1.38 bits per heavy atom. The fourth-order valence-electron chi connectivity index (χ4n) is 1.96. The summed E-state index contributed by atoms with van der Waals surface area (Å²) in [5.74, 6) is -0.00233. The number of halogens is 1. The number of hydrogen-bond acceptors (Lipinski definition) is 8. The zero-order chi connectivity index (χ0) is 18.5. The molecule has 10 heteroatoms. The molecule has 0 fully saturated rings. The van der Waals surface area contributed by atoms with E-state index in [1.54, 1.807) is 11.4 Å². The lowest BCUT2D eigenvalue weighted by atomic mass is 10.2. The van der Waals surface area contributed by atoms with Crippen molar-refractivity contribution >= 4 is 67.8 Å². The van der Waals surface area contributed by atoms with Gasteiger partial charge in [0.1, 0.15) is 11.1 Å². The van der Waals surface area contributed by atoms with Crippen LogP contribution in [0.2, 0.25) is 5.02 Å². The van der Waals surface area contributed by atoms with Gasteiger partial charge < -0.3 is 10.6 Å². The molecule has 3 rings (SSSR count). The number of thiophene rings is 1. The molecular weight excluding hydrogens is 410 g/mol. The van der Waals surface area contributed by atoms with Crippen molar-refractivity contribution in [2.45, 2.75) is 11.3 Å². The maximum atomic E-state index is 12.0. The third kappa shape index (κ3) is 4.53. The zero-order valence-electron chi connectivity index (χ0n) is 13.4. The molecule has 0 aliphatic heterocycles. The van der Waals surface area contributed by atoms with E-state index < -0.39 is 0 Å². The number of aromatic nitrogens is 2. The highest BCUT2D eigenvalue weighted by molar-refractivity contribution is 8.01. The number of carbonyl (C=O) groups excluding carboxylic acids is 1. The van der Waals surface area contributed by atoms with E-state index in [0.717, 1.165) is 11.3 Å². The molecule has 2 N–H and O–H groups in total. The van der Waals surface area contributed by atoms with Gasteiger partial charge in [-0.3, -0.25) is 4.79 Å². The van der Waals surface area contributed by atoms with Crippen LogP contribution in [0.15, 0.2) is 34.0 Å². The van der Waals surface area contributed by atoms with Crippen LogP contribution in [0.1, 0.15) is 11.1 Å². The molecule has 0 atom stereocenters. The van der Waals surface area contributed by atoms with E-state index in [4.69, 9.17) is 16.9 Å². The molecule has 0 aliphatic carbocycles. The molecule has 0 spiro atoms. The Balaban J connectivity index is 1.56. The van der Waals surface area contributed by atoms with Crippen molar-refractivity contribution in [3.63, 3.8) is 0 Å². The maximum absolute atomic E-state index is 12.0. The number of nitrogens with one attached hydrogen (secondary N) is 2. The summed E-state index contributed by atoms with van der Waals surface area (Å²) in [6.07, 6.45) is 0. The summed E-state index contributed by atoms with van der Waals surface area (Å²) >= 11 is 10.1. The summed E-state index contributed by atoms with van der Waals surface area (Å²) < 4.78 is 0.675. The normalized spacial score (nSPS) is 10.3. The highest BCUT2D eigenvalue weighted by Gasteiger charge is 2.12. The second-order valence-corrected chi connectivity index (χ2v) is 8.55. The Bertz CT molecular complexity index is 978. The van der Waals surface area contributed by atoms with Gasteiger partial charge in [-0.1, -0.05) is 40.8 Å². The molecule has 0 aliphatic rings. The third-order valence-corrected chi connectivity index (χ3v) is 6.49. The number of thioether (sulfide) groups is 1. The number of hydrogen-bond donors (Lipinski definition) is 2. The second kappa shape index (κ2) is 8.51. The van der Waals surface area contributed by atoms with Crippen molar-refractivity contribution in [1.29, 1.82) is 5.26 Å². The summed E-state index contributed by atoms with van der Waals surface area (Å²) in [5.41, 5.74) is 2.26. The van der Waals surface area contributed by atoms with Crippen LogP contribution in [-0.4, -0.2) is 21.9 Å². The molecule has 1 amide bonds.